The van der Waals surface area contributed by atoms with E-state index >= 15 is 0 Å². The fourth-order valence-corrected chi connectivity index (χ4v) is 14.0. The molecule has 0 radical (unpaired) electrons. The van der Waals surface area contributed by atoms with Gasteiger partial charge in [0.2, 0.25) is 25.9 Å². The van der Waals surface area contributed by atoms with Crippen molar-refractivity contribution < 1.29 is 0 Å². The Morgan fingerprint density at radius 3 is 0.950 bits per heavy atom. The molecule has 282 valence electrons. The molecule has 0 spiro atoms. The van der Waals surface area contributed by atoms with E-state index in [9.17, 15) is 0 Å². The van der Waals surface area contributed by atoms with Crippen molar-refractivity contribution >= 4 is 83.7 Å². The van der Waals surface area contributed by atoms with Crippen molar-refractivity contribution in [3.8, 4) is 17.8 Å². The maximum atomic E-state index is 5.69. The first kappa shape index (κ1) is 34.1. The van der Waals surface area contributed by atoms with Crippen LogP contribution >= 0.6 is 0 Å². The van der Waals surface area contributed by atoms with Crippen LogP contribution in [0.25, 0.3) is 72.5 Å². The third-order valence-corrected chi connectivity index (χ3v) is 16.5. The van der Waals surface area contributed by atoms with E-state index < -0.39 is 8.07 Å². The van der Waals surface area contributed by atoms with Gasteiger partial charge >= 0.3 is 0 Å². The molecular weight excluding hydrogens is 751 g/mol. The van der Waals surface area contributed by atoms with E-state index in [1.165, 1.54) is 15.6 Å². The summed E-state index contributed by atoms with van der Waals surface area (Å²) in [6, 6.07) is 75.0. The molecule has 7 nitrogen and oxygen atoms in total. The maximum Gasteiger partial charge on any atom is 0.242 e. The molecule has 0 saturated heterocycles. The van der Waals surface area contributed by atoms with Crippen LogP contribution in [0.3, 0.4) is 0 Å². The van der Waals surface area contributed by atoms with Gasteiger partial charge in [-0.25, -0.2) is 4.98 Å². The summed E-state index contributed by atoms with van der Waals surface area (Å²) in [5.41, 5.74) is 6.74. The van der Waals surface area contributed by atoms with Crippen LogP contribution in [0.4, 0.5) is 0 Å². The summed E-state index contributed by atoms with van der Waals surface area (Å²) in [6.07, 6.45) is 0. The Hall–Kier alpha value is -7.94. The Morgan fingerprint density at radius 2 is 0.567 bits per heavy atom. The van der Waals surface area contributed by atoms with Gasteiger partial charge in [0.1, 0.15) is 5.45 Å². The lowest BCUT2D eigenvalue weighted by Crippen LogP contribution is -2.76. The highest BCUT2D eigenvalue weighted by Gasteiger charge is 2.46. The van der Waals surface area contributed by atoms with Gasteiger partial charge in [-0.15, -0.1) is 0 Å². The normalized spacial score (nSPS) is 12.0. The number of para-hydroxylation sites is 6. The fourth-order valence-electron chi connectivity index (χ4n) is 9.35. The van der Waals surface area contributed by atoms with E-state index in [0.717, 1.165) is 60.1 Å². The molecule has 0 N–H and O–H groups in total. The van der Waals surface area contributed by atoms with E-state index in [-0.39, 0.29) is 0 Å². The number of benzene rings is 8. The third kappa shape index (κ3) is 5.01. The van der Waals surface area contributed by atoms with Gasteiger partial charge < -0.3 is 0 Å². The summed E-state index contributed by atoms with van der Waals surface area (Å²) in [6.45, 7) is 0. The molecule has 0 aliphatic heterocycles. The summed E-state index contributed by atoms with van der Waals surface area (Å²) in [7, 11) is -3.21. The lowest BCUT2D eigenvalue weighted by Gasteiger charge is -2.33. The Bertz CT molecular complexity index is 3220. The molecule has 4 aromatic heterocycles. The molecule has 8 heteroatoms. The molecule has 0 aliphatic rings. The van der Waals surface area contributed by atoms with Gasteiger partial charge in [0.05, 0.1) is 33.1 Å². The lowest BCUT2D eigenvalue weighted by atomic mass is 10.2. The number of aromatic nitrogens is 7. The highest BCUT2D eigenvalue weighted by atomic mass is 28.3. The Morgan fingerprint density at radius 1 is 0.267 bits per heavy atom. The average molecular weight is 786 g/mol. The average Bonchev–Trinajstić information content (AvgIpc) is 3.99. The first-order valence-electron chi connectivity index (χ1n) is 20.2. The second-order valence-electron chi connectivity index (χ2n) is 15.1. The zero-order valence-electron chi connectivity index (χ0n) is 32.3. The number of imidazole rings is 1. The SMILES string of the molecule is c1ccc([Si](c2ccccc2)(c2ccccc2)c2nc3ccccc3n2-c2nc(-n3c4ccccc4c4ccccc43)nc(-n3c4ccccc4c4ccccc43)n2)cc1. The molecule has 0 atom stereocenters. The molecule has 8 aromatic carbocycles. The molecule has 12 aromatic rings. The van der Waals surface area contributed by atoms with Crippen molar-refractivity contribution in [2.24, 2.45) is 0 Å². The minimum Gasteiger partial charge on any atom is -0.278 e. The fraction of sp³-hybridized carbons (Fsp3) is 0. The molecule has 0 amide bonds. The molecule has 0 saturated carbocycles. The van der Waals surface area contributed by atoms with E-state index in [2.05, 4.69) is 226 Å². The zero-order valence-corrected chi connectivity index (χ0v) is 33.3. The maximum absolute atomic E-state index is 5.69. The van der Waals surface area contributed by atoms with Crippen molar-refractivity contribution in [1.29, 1.82) is 0 Å². The van der Waals surface area contributed by atoms with Crippen LogP contribution in [-0.2, 0) is 0 Å². The van der Waals surface area contributed by atoms with Crippen molar-refractivity contribution in [3.63, 3.8) is 0 Å². The first-order chi connectivity index (χ1) is 29.8. The predicted octanol–water partition coefficient (Wildman–Crippen LogP) is 8.78. The van der Waals surface area contributed by atoms with Gasteiger partial charge in [0.15, 0.2) is 0 Å². The number of nitrogens with zero attached hydrogens (tertiary/aromatic N) is 7. The zero-order chi connectivity index (χ0) is 39.6. The van der Waals surface area contributed by atoms with E-state index in [4.69, 9.17) is 19.9 Å². The number of rotatable bonds is 7. The molecule has 0 fully saturated rings. The molecule has 0 unspecified atom stereocenters. The summed E-state index contributed by atoms with van der Waals surface area (Å²) in [5.74, 6) is 1.52. The van der Waals surface area contributed by atoms with Crippen molar-refractivity contribution in [2.45, 2.75) is 0 Å². The van der Waals surface area contributed by atoms with E-state index in [1.54, 1.807) is 0 Å². The standard InChI is InChI=1S/C52H35N7Si/c1-4-20-36(21-5-1)60(37-22-6-2-7-23-37,38-24-8-3-9-25-38)52-53-43-30-14-19-35-48(43)59(52)51-55-49(57-44-31-15-10-26-39(44)40-27-11-16-32-45(40)57)54-50(56-51)58-46-33-17-12-28-41(46)42-29-13-18-34-47(42)58/h1-35H. The minimum absolute atomic E-state index is 0.488. The third-order valence-electron chi connectivity index (χ3n) is 11.9. The van der Waals surface area contributed by atoms with E-state index in [0.29, 0.717) is 17.8 Å². The molecular formula is C52H35N7Si. The first-order valence-corrected chi connectivity index (χ1v) is 22.2. The smallest absolute Gasteiger partial charge is 0.242 e. The molecule has 0 aliphatic carbocycles. The summed E-state index contributed by atoms with van der Waals surface area (Å²) in [4.78, 5) is 22.3. The topological polar surface area (TPSA) is 66.3 Å². The molecule has 0 bridgehead atoms. The van der Waals surface area contributed by atoms with Gasteiger partial charge in [-0.3, -0.25) is 13.7 Å². The second-order valence-corrected chi connectivity index (χ2v) is 18.8. The predicted molar refractivity (Wildman–Crippen MR) is 247 cm³/mol. The largest absolute Gasteiger partial charge is 0.278 e. The van der Waals surface area contributed by atoms with Crippen LogP contribution in [0.15, 0.2) is 212 Å². The van der Waals surface area contributed by atoms with Gasteiger partial charge in [0, 0.05) is 21.5 Å². The number of fused-ring (bicyclic) bond motifs is 7. The highest BCUT2D eigenvalue weighted by molar-refractivity contribution is 7.19. The second kappa shape index (κ2) is 13.6. The van der Waals surface area contributed by atoms with Crippen LogP contribution in [0, 0.1) is 0 Å². The van der Waals surface area contributed by atoms with Crippen LogP contribution < -0.4 is 21.0 Å². The number of hydrogen-bond donors (Lipinski definition) is 0. The number of hydrogen-bond acceptors (Lipinski definition) is 4. The minimum atomic E-state index is -3.21. The van der Waals surface area contributed by atoms with Gasteiger partial charge in [-0.05, 0) is 52.0 Å². The van der Waals surface area contributed by atoms with Gasteiger partial charge in [-0.1, -0.05) is 176 Å². The lowest BCUT2D eigenvalue weighted by molar-refractivity contribution is 0.843. The Kier molecular flexibility index (Phi) is 7.73. The van der Waals surface area contributed by atoms with Crippen LogP contribution in [0.2, 0.25) is 0 Å². The van der Waals surface area contributed by atoms with Crippen molar-refractivity contribution in [1.82, 2.24) is 33.6 Å². The summed E-state index contributed by atoms with van der Waals surface area (Å²) in [5, 5.41) is 8.14. The summed E-state index contributed by atoms with van der Waals surface area (Å²) < 4.78 is 6.59. The summed E-state index contributed by atoms with van der Waals surface area (Å²) >= 11 is 0. The quantitative estimate of drug-likeness (QED) is 0.120. The van der Waals surface area contributed by atoms with Crippen LogP contribution in [0.5, 0.6) is 0 Å². The van der Waals surface area contributed by atoms with Crippen LogP contribution in [0.1, 0.15) is 0 Å². The Labute approximate surface area is 346 Å². The Balaban J connectivity index is 1.26. The highest BCUT2D eigenvalue weighted by Crippen LogP contribution is 2.34. The molecule has 4 heterocycles. The monoisotopic (exact) mass is 785 g/mol. The van der Waals surface area contributed by atoms with E-state index in [1.807, 2.05) is 0 Å². The molecule has 12 rings (SSSR count). The van der Waals surface area contributed by atoms with Crippen LogP contribution in [-0.4, -0.2) is 41.7 Å². The van der Waals surface area contributed by atoms with Crippen molar-refractivity contribution in [3.05, 3.63) is 212 Å². The van der Waals surface area contributed by atoms with Crippen molar-refractivity contribution in [2.75, 3.05) is 0 Å². The van der Waals surface area contributed by atoms with Gasteiger partial charge in [-0.2, -0.15) is 15.0 Å². The molecule has 60 heavy (non-hydrogen) atoms. The van der Waals surface area contributed by atoms with Gasteiger partial charge in [0.25, 0.3) is 0 Å².